The zero-order valence-electron chi connectivity index (χ0n) is 9.04. The van der Waals surface area contributed by atoms with E-state index in [1.807, 2.05) is 6.07 Å². The molecule has 0 radical (unpaired) electrons. The van der Waals surface area contributed by atoms with Crippen LogP contribution in [0.1, 0.15) is 18.5 Å². The Morgan fingerprint density at radius 3 is 2.94 bits per heavy atom. The largest absolute Gasteiger partial charge is 0.481 e. The van der Waals surface area contributed by atoms with Gasteiger partial charge in [-0.3, -0.25) is 4.79 Å². The van der Waals surface area contributed by atoms with Gasteiger partial charge in [-0.05, 0) is 25.1 Å². The number of halogens is 1. The molecule has 0 aliphatic heterocycles. The van der Waals surface area contributed by atoms with Crippen LogP contribution in [0, 0.1) is 0 Å². The maximum atomic E-state index is 10.8. The lowest BCUT2D eigenvalue weighted by Gasteiger charge is -2.00. The first-order chi connectivity index (χ1) is 8.08. The molecule has 1 unspecified atom stereocenters. The highest BCUT2D eigenvalue weighted by Crippen LogP contribution is 2.16. The highest BCUT2D eigenvalue weighted by molar-refractivity contribution is 6.30. The Balaban J connectivity index is 2.33. The van der Waals surface area contributed by atoms with Gasteiger partial charge in [-0.15, -0.1) is 5.10 Å². The number of carbonyl (C=O) groups is 1. The molecule has 0 aliphatic carbocycles. The van der Waals surface area contributed by atoms with Crippen molar-refractivity contribution in [2.75, 3.05) is 0 Å². The second kappa shape index (κ2) is 4.55. The number of aliphatic carboxylic acids is 1. The molecule has 0 aliphatic rings. The number of rotatable bonds is 3. The predicted octanol–water partition coefficient (Wildman–Crippen LogP) is 2.11. The predicted molar refractivity (Wildman–Crippen MR) is 62.4 cm³/mol. The van der Waals surface area contributed by atoms with Crippen molar-refractivity contribution in [2.24, 2.45) is 0 Å². The van der Waals surface area contributed by atoms with Crippen LogP contribution in [0.2, 0.25) is 5.02 Å². The van der Waals surface area contributed by atoms with Crippen LogP contribution < -0.4 is 0 Å². The molecule has 1 aromatic heterocycles. The molecule has 0 saturated heterocycles. The van der Waals surface area contributed by atoms with Gasteiger partial charge in [0.25, 0.3) is 0 Å². The van der Waals surface area contributed by atoms with E-state index in [9.17, 15) is 4.79 Å². The van der Waals surface area contributed by atoms with E-state index in [4.69, 9.17) is 16.7 Å². The van der Waals surface area contributed by atoms with Crippen LogP contribution in [0.3, 0.4) is 0 Å². The summed E-state index contributed by atoms with van der Waals surface area (Å²) in [5.41, 5.74) is 1.16. The smallest absolute Gasteiger partial charge is 0.312 e. The fraction of sp³-hybridized carbons (Fsp3) is 0.182. The van der Waals surface area contributed by atoms with Crippen molar-refractivity contribution in [1.82, 2.24) is 15.0 Å². The third kappa shape index (κ3) is 2.45. The highest BCUT2D eigenvalue weighted by Gasteiger charge is 2.17. The monoisotopic (exact) mass is 251 g/mol. The summed E-state index contributed by atoms with van der Waals surface area (Å²) in [5.74, 6) is -1.61. The molecular formula is C11H10ClN3O2. The van der Waals surface area contributed by atoms with Crippen LogP contribution in [-0.2, 0) is 4.79 Å². The van der Waals surface area contributed by atoms with Gasteiger partial charge < -0.3 is 5.11 Å². The number of aromatic nitrogens is 3. The molecule has 0 saturated carbocycles. The molecule has 0 bridgehead atoms. The van der Waals surface area contributed by atoms with Crippen molar-refractivity contribution in [1.29, 1.82) is 0 Å². The van der Waals surface area contributed by atoms with Crippen LogP contribution in [0.4, 0.5) is 0 Å². The van der Waals surface area contributed by atoms with Crippen LogP contribution in [0.25, 0.3) is 5.69 Å². The molecule has 88 valence electrons. The maximum Gasteiger partial charge on any atom is 0.312 e. The van der Waals surface area contributed by atoms with Crippen molar-refractivity contribution in [3.05, 3.63) is 41.2 Å². The molecule has 0 amide bonds. The van der Waals surface area contributed by atoms with E-state index in [0.29, 0.717) is 10.7 Å². The number of hydrogen-bond acceptors (Lipinski definition) is 3. The molecule has 6 heteroatoms. The van der Waals surface area contributed by atoms with Crippen molar-refractivity contribution in [3.8, 4) is 5.69 Å². The SMILES string of the molecule is CC(C(=O)O)c1cn(-c2cccc(Cl)c2)nn1. The van der Waals surface area contributed by atoms with E-state index in [1.165, 1.54) is 4.68 Å². The minimum atomic E-state index is -0.928. The van der Waals surface area contributed by atoms with Crippen LogP contribution in [0.15, 0.2) is 30.5 Å². The standard InChI is InChI=1S/C11H10ClN3O2/c1-7(11(16)17)10-6-15(14-13-10)9-4-2-3-8(12)5-9/h2-7H,1H3,(H,16,17). The fourth-order valence-corrected chi connectivity index (χ4v) is 1.53. The Bertz CT molecular complexity index is 553. The van der Waals surface area contributed by atoms with Crippen LogP contribution >= 0.6 is 11.6 Å². The summed E-state index contributed by atoms with van der Waals surface area (Å²) in [6.07, 6.45) is 1.59. The van der Waals surface area contributed by atoms with Gasteiger partial charge in [-0.1, -0.05) is 22.9 Å². The van der Waals surface area contributed by atoms with E-state index < -0.39 is 11.9 Å². The van der Waals surface area contributed by atoms with Crippen molar-refractivity contribution in [3.63, 3.8) is 0 Å². The molecule has 2 aromatic rings. The molecule has 5 nitrogen and oxygen atoms in total. The Morgan fingerprint density at radius 1 is 1.53 bits per heavy atom. The van der Waals surface area contributed by atoms with Gasteiger partial charge in [0.2, 0.25) is 0 Å². The molecule has 1 atom stereocenters. The van der Waals surface area contributed by atoms with Gasteiger partial charge in [0.05, 0.1) is 23.5 Å². The summed E-state index contributed by atoms with van der Waals surface area (Å²) in [7, 11) is 0. The quantitative estimate of drug-likeness (QED) is 0.907. The second-order valence-corrected chi connectivity index (χ2v) is 4.06. The zero-order chi connectivity index (χ0) is 12.4. The lowest BCUT2D eigenvalue weighted by Crippen LogP contribution is -2.07. The summed E-state index contributed by atoms with van der Waals surface area (Å²) in [6.45, 7) is 1.56. The lowest BCUT2D eigenvalue weighted by molar-refractivity contribution is -0.138. The molecule has 0 fully saturated rings. The summed E-state index contributed by atoms with van der Waals surface area (Å²) in [5, 5.41) is 17.2. The summed E-state index contributed by atoms with van der Waals surface area (Å²) >= 11 is 5.86. The maximum absolute atomic E-state index is 10.8. The number of hydrogen-bond donors (Lipinski definition) is 1. The third-order valence-corrected chi connectivity index (χ3v) is 2.63. The normalized spacial score (nSPS) is 12.4. The molecule has 1 aromatic carbocycles. The van der Waals surface area contributed by atoms with E-state index in [1.54, 1.807) is 31.3 Å². The van der Waals surface area contributed by atoms with Gasteiger partial charge in [0, 0.05) is 5.02 Å². The summed E-state index contributed by atoms with van der Waals surface area (Å²) in [4.78, 5) is 10.8. The lowest BCUT2D eigenvalue weighted by atomic mass is 10.1. The van der Waals surface area contributed by atoms with E-state index in [0.717, 1.165) is 5.69 Å². The Hall–Kier alpha value is -1.88. The first-order valence-corrected chi connectivity index (χ1v) is 5.36. The van der Waals surface area contributed by atoms with Crippen molar-refractivity contribution < 1.29 is 9.90 Å². The summed E-state index contributed by atoms with van der Waals surface area (Å²) < 4.78 is 1.50. The van der Waals surface area contributed by atoms with Gasteiger partial charge in [0.15, 0.2) is 0 Å². The fourth-order valence-electron chi connectivity index (χ4n) is 1.35. The second-order valence-electron chi connectivity index (χ2n) is 3.63. The zero-order valence-corrected chi connectivity index (χ0v) is 9.80. The Labute approximate surface area is 103 Å². The number of benzene rings is 1. The molecular weight excluding hydrogens is 242 g/mol. The van der Waals surface area contributed by atoms with Gasteiger partial charge in [0.1, 0.15) is 0 Å². The van der Waals surface area contributed by atoms with Crippen LogP contribution in [0.5, 0.6) is 0 Å². The average Bonchev–Trinajstić information content (AvgIpc) is 2.77. The van der Waals surface area contributed by atoms with E-state index >= 15 is 0 Å². The van der Waals surface area contributed by atoms with Crippen LogP contribution in [-0.4, -0.2) is 26.1 Å². The molecule has 1 N–H and O–H groups in total. The number of nitrogens with zero attached hydrogens (tertiary/aromatic N) is 3. The minimum absolute atomic E-state index is 0.414. The van der Waals surface area contributed by atoms with E-state index in [2.05, 4.69) is 10.3 Å². The van der Waals surface area contributed by atoms with E-state index in [-0.39, 0.29) is 0 Å². The first kappa shape index (κ1) is 11.6. The number of carboxylic acids is 1. The molecule has 2 rings (SSSR count). The van der Waals surface area contributed by atoms with Gasteiger partial charge in [-0.2, -0.15) is 0 Å². The van der Waals surface area contributed by atoms with Crippen molar-refractivity contribution in [2.45, 2.75) is 12.8 Å². The number of carboxylic acid groups (broad SMARTS) is 1. The average molecular weight is 252 g/mol. The first-order valence-electron chi connectivity index (χ1n) is 4.99. The molecule has 0 spiro atoms. The van der Waals surface area contributed by atoms with Gasteiger partial charge in [-0.25, -0.2) is 4.68 Å². The third-order valence-electron chi connectivity index (χ3n) is 2.40. The molecule has 17 heavy (non-hydrogen) atoms. The highest BCUT2D eigenvalue weighted by atomic mass is 35.5. The van der Waals surface area contributed by atoms with Gasteiger partial charge >= 0.3 is 5.97 Å². The molecule has 1 heterocycles. The summed E-state index contributed by atoms with van der Waals surface area (Å²) in [6, 6.07) is 7.09. The van der Waals surface area contributed by atoms with Crippen molar-refractivity contribution >= 4 is 17.6 Å². The topological polar surface area (TPSA) is 68.0 Å². The Morgan fingerprint density at radius 2 is 2.29 bits per heavy atom. The minimum Gasteiger partial charge on any atom is -0.481 e. The Kier molecular flexibility index (Phi) is 3.10.